The van der Waals surface area contributed by atoms with Crippen LogP contribution < -0.4 is 5.32 Å². The molecule has 34 heavy (non-hydrogen) atoms. The number of likely N-dealkylation sites (tertiary alicyclic amines) is 1. The standard InChI is InChI=1S/C23H29N5O5S/c1-4-33-21(32)17-16-20(31)28(13(2)11-29)18(23(16)10-9-22(17,3)34-23)19(30)24-12-27-15-8-6-5-7-14(15)25-26-27/h5-8,13,16-18,29H,4,9-12H2,1-3H3,(H,24,30)/t13-,16+,17+,18?,22-,23?/m1/s1. The Kier molecular flexibility index (Phi) is 5.59. The number of thioether (sulfide) groups is 1. The van der Waals surface area contributed by atoms with Crippen LogP contribution in [0.1, 0.15) is 33.6 Å². The van der Waals surface area contributed by atoms with Crippen LogP contribution in [0.4, 0.5) is 0 Å². The smallest absolute Gasteiger partial charge is 0.311 e. The number of amides is 2. The first-order valence-electron chi connectivity index (χ1n) is 11.6. The number of carbonyl (C=O) groups excluding carboxylic acids is 3. The lowest BCUT2D eigenvalue weighted by atomic mass is 9.66. The van der Waals surface area contributed by atoms with Crippen molar-refractivity contribution in [3.8, 4) is 0 Å². The van der Waals surface area contributed by atoms with E-state index in [4.69, 9.17) is 4.74 Å². The van der Waals surface area contributed by atoms with Crippen LogP contribution in [0.5, 0.6) is 0 Å². The number of esters is 1. The molecule has 3 fully saturated rings. The van der Waals surface area contributed by atoms with Crippen molar-refractivity contribution in [1.29, 1.82) is 0 Å². The van der Waals surface area contributed by atoms with E-state index in [2.05, 4.69) is 15.6 Å². The van der Waals surface area contributed by atoms with E-state index in [1.165, 1.54) is 4.90 Å². The van der Waals surface area contributed by atoms with Crippen molar-refractivity contribution in [2.45, 2.75) is 61.9 Å². The van der Waals surface area contributed by atoms with Crippen LogP contribution in [0.25, 0.3) is 11.0 Å². The van der Waals surface area contributed by atoms with Gasteiger partial charge in [-0.05, 0) is 45.7 Å². The number of fused-ring (bicyclic) bond motifs is 2. The predicted octanol–water partition coefficient (Wildman–Crippen LogP) is 0.930. The van der Waals surface area contributed by atoms with E-state index < -0.39 is 33.4 Å². The third-order valence-corrected chi connectivity index (χ3v) is 9.55. The van der Waals surface area contributed by atoms with Gasteiger partial charge >= 0.3 is 5.97 Å². The number of nitrogens with zero attached hydrogens (tertiary/aromatic N) is 4. The van der Waals surface area contributed by atoms with Crippen molar-refractivity contribution in [3.05, 3.63) is 24.3 Å². The summed E-state index contributed by atoms with van der Waals surface area (Å²) in [6.45, 7) is 5.51. The van der Waals surface area contributed by atoms with Crippen LogP contribution in [0.15, 0.2) is 24.3 Å². The van der Waals surface area contributed by atoms with E-state index in [0.29, 0.717) is 12.8 Å². The highest BCUT2D eigenvalue weighted by molar-refractivity contribution is 8.02. The summed E-state index contributed by atoms with van der Waals surface area (Å²) in [5, 5.41) is 21.1. The number of para-hydroxylation sites is 1. The quantitative estimate of drug-likeness (QED) is 0.553. The summed E-state index contributed by atoms with van der Waals surface area (Å²) >= 11 is 1.57. The minimum Gasteiger partial charge on any atom is -0.466 e. The highest BCUT2D eigenvalue weighted by atomic mass is 32.2. The molecule has 0 saturated carbocycles. The topological polar surface area (TPSA) is 127 Å². The Morgan fingerprint density at radius 2 is 2.12 bits per heavy atom. The maximum atomic E-state index is 13.7. The summed E-state index contributed by atoms with van der Waals surface area (Å²) < 4.78 is 5.74. The first-order valence-corrected chi connectivity index (χ1v) is 12.4. The van der Waals surface area contributed by atoms with E-state index >= 15 is 0 Å². The third kappa shape index (κ3) is 3.16. The van der Waals surface area contributed by atoms with Gasteiger partial charge in [0.25, 0.3) is 0 Å². The molecule has 1 aromatic carbocycles. The van der Waals surface area contributed by atoms with Crippen LogP contribution in [0.2, 0.25) is 0 Å². The predicted molar refractivity (Wildman–Crippen MR) is 124 cm³/mol. The summed E-state index contributed by atoms with van der Waals surface area (Å²) in [5.41, 5.74) is 1.50. The van der Waals surface area contributed by atoms with Crippen LogP contribution in [0, 0.1) is 11.8 Å². The Bertz CT molecular complexity index is 1160. The van der Waals surface area contributed by atoms with Crippen LogP contribution in [-0.2, 0) is 25.8 Å². The number of hydrogen-bond acceptors (Lipinski definition) is 8. The van der Waals surface area contributed by atoms with E-state index in [9.17, 15) is 19.5 Å². The molecule has 2 unspecified atom stereocenters. The number of nitrogens with one attached hydrogen (secondary N) is 1. The molecule has 10 nitrogen and oxygen atoms in total. The van der Waals surface area contributed by atoms with E-state index in [-0.39, 0.29) is 37.7 Å². The summed E-state index contributed by atoms with van der Waals surface area (Å²) in [7, 11) is 0. The molecule has 11 heteroatoms. The summed E-state index contributed by atoms with van der Waals surface area (Å²) in [4.78, 5) is 41.9. The lowest BCUT2D eigenvalue weighted by Gasteiger charge is -2.35. The van der Waals surface area contributed by atoms with E-state index in [0.717, 1.165) is 11.0 Å². The Hall–Kier alpha value is -2.66. The number of aliphatic hydroxyl groups is 1. The number of ether oxygens (including phenoxy) is 1. The molecule has 2 aromatic rings. The second-order valence-electron chi connectivity index (χ2n) is 9.53. The first kappa shape index (κ1) is 23.1. The number of aliphatic hydroxyl groups excluding tert-OH is 1. The monoisotopic (exact) mass is 487 g/mol. The summed E-state index contributed by atoms with van der Waals surface area (Å²) in [5.74, 6) is -2.25. The molecule has 3 saturated heterocycles. The summed E-state index contributed by atoms with van der Waals surface area (Å²) in [6, 6.07) is 6.08. The lowest BCUT2D eigenvalue weighted by Crippen LogP contribution is -2.56. The Morgan fingerprint density at radius 1 is 1.35 bits per heavy atom. The average Bonchev–Trinajstić information content (AvgIpc) is 3.52. The van der Waals surface area contributed by atoms with Crippen molar-refractivity contribution in [1.82, 2.24) is 25.2 Å². The van der Waals surface area contributed by atoms with Crippen molar-refractivity contribution < 1.29 is 24.2 Å². The molecule has 4 heterocycles. The molecule has 0 radical (unpaired) electrons. The van der Waals surface area contributed by atoms with Gasteiger partial charge in [0.05, 0.1) is 41.4 Å². The normalized spacial score (nSPS) is 32.8. The molecule has 182 valence electrons. The van der Waals surface area contributed by atoms with Gasteiger partial charge in [-0.25, -0.2) is 4.68 Å². The molecule has 2 bridgehead atoms. The van der Waals surface area contributed by atoms with Crippen molar-refractivity contribution in [3.63, 3.8) is 0 Å². The van der Waals surface area contributed by atoms with Gasteiger partial charge in [-0.2, -0.15) is 0 Å². The van der Waals surface area contributed by atoms with Gasteiger partial charge in [-0.1, -0.05) is 17.3 Å². The molecule has 3 aliphatic heterocycles. The Morgan fingerprint density at radius 3 is 2.85 bits per heavy atom. The zero-order chi connectivity index (χ0) is 24.3. The zero-order valence-corrected chi connectivity index (χ0v) is 20.2. The third-order valence-electron chi connectivity index (χ3n) is 7.57. The molecular formula is C23H29N5O5S. The fraction of sp³-hybridized carbons (Fsp3) is 0.609. The number of aromatic nitrogens is 3. The molecule has 1 spiro atoms. The second-order valence-corrected chi connectivity index (χ2v) is 11.4. The molecular weight excluding hydrogens is 458 g/mol. The van der Waals surface area contributed by atoms with Gasteiger partial charge in [0.15, 0.2) is 0 Å². The van der Waals surface area contributed by atoms with Crippen molar-refractivity contribution >= 4 is 40.6 Å². The van der Waals surface area contributed by atoms with Gasteiger partial charge in [0.2, 0.25) is 11.8 Å². The van der Waals surface area contributed by atoms with Crippen molar-refractivity contribution in [2.24, 2.45) is 11.8 Å². The molecule has 3 aliphatic rings. The van der Waals surface area contributed by atoms with Crippen molar-refractivity contribution in [2.75, 3.05) is 13.2 Å². The van der Waals surface area contributed by atoms with E-state index in [1.54, 1.807) is 30.3 Å². The zero-order valence-electron chi connectivity index (χ0n) is 19.4. The van der Waals surface area contributed by atoms with Crippen LogP contribution in [0.3, 0.4) is 0 Å². The van der Waals surface area contributed by atoms with Gasteiger partial charge in [-0.3, -0.25) is 14.4 Å². The molecule has 1 aromatic heterocycles. The minimum absolute atomic E-state index is 0.0926. The number of benzene rings is 1. The largest absolute Gasteiger partial charge is 0.466 e. The maximum absolute atomic E-state index is 13.7. The molecule has 0 aliphatic carbocycles. The van der Waals surface area contributed by atoms with Gasteiger partial charge in [0, 0.05) is 4.75 Å². The lowest BCUT2D eigenvalue weighted by molar-refractivity contribution is -0.155. The molecule has 5 rings (SSSR count). The summed E-state index contributed by atoms with van der Waals surface area (Å²) in [6.07, 6.45) is 1.35. The Labute approximate surface area is 201 Å². The average molecular weight is 488 g/mol. The highest BCUT2D eigenvalue weighted by Gasteiger charge is 2.77. The molecule has 6 atom stereocenters. The van der Waals surface area contributed by atoms with Crippen LogP contribution in [-0.4, -0.2) is 77.6 Å². The van der Waals surface area contributed by atoms with E-state index in [1.807, 2.05) is 31.2 Å². The number of hydrogen-bond donors (Lipinski definition) is 2. The number of carbonyl (C=O) groups is 3. The number of rotatable bonds is 7. The second kappa shape index (κ2) is 8.23. The maximum Gasteiger partial charge on any atom is 0.311 e. The van der Waals surface area contributed by atoms with Gasteiger partial charge in [0.1, 0.15) is 18.2 Å². The first-order chi connectivity index (χ1) is 16.3. The van der Waals surface area contributed by atoms with Gasteiger partial charge < -0.3 is 20.1 Å². The minimum atomic E-state index is -0.812. The Balaban J connectivity index is 1.48. The molecule has 2 N–H and O–H groups in total. The van der Waals surface area contributed by atoms with Crippen LogP contribution >= 0.6 is 11.8 Å². The highest BCUT2D eigenvalue weighted by Crippen LogP contribution is 2.71. The molecule has 2 amide bonds. The fourth-order valence-corrected chi connectivity index (χ4v) is 8.43. The SMILES string of the molecule is CCOC(=O)[C@@H]1[C@H]2C(=O)N([C@H](C)CO)C(C(=O)NCn3nnc4ccccc43)C23CC[C@@]1(C)S3. The van der Waals surface area contributed by atoms with Gasteiger partial charge in [-0.15, -0.1) is 16.9 Å². The fourth-order valence-electron chi connectivity index (χ4n) is 6.10.